The number of carbonyl (C=O) groups excluding carboxylic acids is 4. The highest BCUT2D eigenvalue weighted by molar-refractivity contribution is 6.06. The molecule has 0 aliphatic rings. The number of ketones is 4. The first-order valence-corrected chi connectivity index (χ1v) is 7.88. The van der Waals surface area contributed by atoms with Crippen LogP contribution < -0.4 is 0 Å². The lowest BCUT2D eigenvalue weighted by Gasteiger charge is -2.15. The van der Waals surface area contributed by atoms with Crippen LogP contribution in [0.4, 0.5) is 0 Å². The minimum Gasteiger partial charge on any atom is -0.295 e. The molecule has 127 valence electrons. The highest BCUT2D eigenvalue weighted by atomic mass is 16.1. The van der Waals surface area contributed by atoms with Crippen LogP contribution in [0.5, 0.6) is 0 Å². The second-order valence-corrected chi connectivity index (χ2v) is 5.90. The van der Waals surface area contributed by atoms with E-state index in [1.165, 1.54) is 27.7 Å². The largest absolute Gasteiger partial charge is 0.295 e. The lowest BCUT2D eigenvalue weighted by atomic mass is 9.86. The predicted molar refractivity (Wildman–Crippen MR) is 95.4 cm³/mol. The zero-order valence-electron chi connectivity index (χ0n) is 14.7. The summed E-state index contributed by atoms with van der Waals surface area (Å²) < 4.78 is 0. The van der Waals surface area contributed by atoms with Gasteiger partial charge in [-0.05, 0) is 38.8 Å². The van der Waals surface area contributed by atoms with Gasteiger partial charge in [0.15, 0.2) is 23.1 Å². The molecule has 0 saturated carbocycles. The van der Waals surface area contributed by atoms with Crippen molar-refractivity contribution in [3.05, 3.63) is 76.2 Å². The van der Waals surface area contributed by atoms with Gasteiger partial charge in [0.05, 0.1) is 0 Å². The summed E-state index contributed by atoms with van der Waals surface area (Å²) in [4.78, 5) is 48.0. The van der Waals surface area contributed by atoms with E-state index in [1.807, 2.05) is 0 Å². The van der Waals surface area contributed by atoms with Gasteiger partial charge in [-0.2, -0.15) is 0 Å². The molecule has 2 aromatic rings. The fourth-order valence-corrected chi connectivity index (χ4v) is 2.81. The average molecular weight is 335 g/mol. The van der Waals surface area contributed by atoms with Crippen LogP contribution >= 0.6 is 0 Å². The fraction of sp³-hybridized carbons (Fsp3) is 0.190. The Morgan fingerprint density at radius 2 is 0.800 bits per heavy atom. The molecular formula is C21H19O4. The molecule has 0 aromatic heterocycles. The van der Waals surface area contributed by atoms with E-state index in [1.54, 1.807) is 42.8 Å². The Labute approximate surface area is 146 Å². The first kappa shape index (κ1) is 18.5. The number of Topliss-reactive ketones (excluding diaryl/α,β-unsaturated/α-hetero) is 4. The molecule has 2 rings (SSSR count). The summed E-state index contributed by atoms with van der Waals surface area (Å²) in [5.74, 6) is -0.781. The molecule has 0 bridgehead atoms. The van der Waals surface area contributed by atoms with Crippen molar-refractivity contribution >= 4 is 23.1 Å². The van der Waals surface area contributed by atoms with Crippen molar-refractivity contribution in [2.45, 2.75) is 27.7 Å². The van der Waals surface area contributed by atoms with E-state index in [4.69, 9.17) is 0 Å². The molecule has 4 heteroatoms. The molecule has 25 heavy (non-hydrogen) atoms. The van der Waals surface area contributed by atoms with Gasteiger partial charge >= 0.3 is 0 Å². The summed E-state index contributed by atoms with van der Waals surface area (Å²) in [6.45, 7) is 5.66. The van der Waals surface area contributed by atoms with Crippen LogP contribution in [0.25, 0.3) is 0 Å². The first-order chi connectivity index (χ1) is 11.7. The van der Waals surface area contributed by atoms with E-state index < -0.39 is 0 Å². The quantitative estimate of drug-likeness (QED) is 0.745. The molecule has 0 saturated heterocycles. The van der Waals surface area contributed by atoms with Crippen molar-refractivity contribution < 1.29 is 19.2 Å². The molecule has 0 heterocycles. The second-order valence-electron chi connectivity index (χ2n) is 5.90. The fourth-order valence-electron chi connectivity index (χ4n) is 2.81. The maximum absolute atomic E-state index is 12.0. The SMILES string of the molecule is CC(=O)c1cccc(C(C)=O)c1[CH]c1c(C(C)=O)cccc1C(C)=O. The second kappa shape index (κ2) is 7.34. The average Bonchev–Trinajstić information content (AvgIpc) is 2.54. The summed E-state index contributed by atoms with van der Waals surface area (Å²) in [6.07, 6.45) is 1.60. The first-order valence-electron chi connectivity index (χ1n) is 7.88. The monoisotopic (exact) mass is 335 g/mol. The van der Waals surface area contributed by atoms with Gasteiger partial charge in [0.25, 0.3) is 0 Å². The zero-order chi connectivity index (χ0) is 18.7. The van der Waals surface area contributed by atoms with Crippen LogP contribution in [-0.2, 0) is 0 Å². The van der Waals surface area contributed by atoms with Crippen molar-refractivity contribution in [1.82, 2.24) is 0 Å². The Morgan fingerprint density at radius 1 is 0.560 bits per heavy atom. The minimum atomic E-state index is -0.195. The third kappa shape index (κ3) is 3.79. The van der Waals surface area contributed by atoms with Gasteiger partial charge < -0.3 is 0 Å². The highest BCUT2D eigenvalue weighted by Gasteiger charge is 2.21. The molecule has 0 atom stereocenters. The van der Waals surface area contributed by atoms with Gasteiger partial charge in [-0.15, -0.1) is 0 Å². The summed E-state index contributed by atoms with van der Waals surface area (Å²) in [5, 5.41) is 0. The summed E-state index contributed by atoms with van der Waals surface area (Å²) in [5.41, 5.74) is 2.36. The van der Waals surface area contributed by atoms with Gasteiger partial charge in [0, 0.05) is 28.7 Å². The van der Waals surface area contributed by atoms with Gasteiger partial charge in [-0.3, -0.25) is 19.2 Å². The molecule has 4 nitrogen and oxygen atoms in total. The van der Waals surface area contributed by atoms with E-state index in [9.17, 15) is 19.2 Å². The van der Waals surface area contributed by atoms with E-state index >= 15 is 0 Å². The molecule has 0 fully saturated rings. The molecular weight excluding hydrogens is 316 g/mol. The van der Waals surface area contributed by atoms with Gasteiger partial charge in [-0.25, -0.2) is 0 Å². The topological polar surface area (TPSA) is 68.3 Å². The molecule has 0 aliphatic carbocycles. The van der Waals surface area contributed by atoms with Crippen LogP contribution in [0, 0.1) is 6.42 Å². The van der Waals surface area contributed by atoms with Crippen LogP contribution in [-0.4, -0.2) is 23.1 Å². The van der Waals surface area contributed by atoms with Gasteiger partial charge in [0.1, 0.15) is 0 Å². The molecule has 0 aliphatic heterocycles. The summed E-state index contributed by atoms with van der Waals surface area (Å²) >= 11 is 0. The number of hydrogen-bond donors (Lipinski definition) is 0. The van der Waals surface area contributed by atoms with Crippen molar-refractivity contribution in [2.24, 2.45) is 0 Å². The Kier molecular flexibility index (Phi) is 5.42. The van der Waals surface area contributed by atoms with E-state index in [0.29, 0.717) is 33.4 Å². The predicted octanol–water partition coefficient (Wildman–Crippen LogP) is 4.10. The molecule has 0 amide bonds. The van der Waals surface area contributed by atoms with E-state index in [-0.39, 0.29) is 23.1 Å². The summed E-state index contributed by atoms with van der Waals surface area (Å²) in [6, 6.07) is 9.81. The summed E-state index contributed by atoms with van der Waals surface area (Å²) in [7, 11) is 0. The Bertz CT molecular complexity index is 753. The van der Waals surface area contributed by atoms with E-state index in [0.717, 1.165) is 0 Å². The van der Waals surface area contributed by atoms with Crippen molar-refractivity contribution in [2.75, 3.05) is 0 Å². The molecule has 2 aromatic carbocycles. The number of rotatable bonds is 6. The number of hydrogen-bond acceptors (Lipinski definition) is 4. The standard InChI is InChI=1S/C21H19O4/c1-12(22)16-7-5-8-17(13(2)23)20(16)11-21-18(14(3)24)9-6-10-19(21)15(4)25/h5-11H,1-4H3. The number of benzene rings is 2. The van der Waals surface area contributed by atoms with Crippen LogP contribution in [0.3, 0.4) is 0 Å². The number of carbonyl (C=O) groups is 4. The highest BCUT2D eigenvalue weighted by Crippen LogP contribution is 2.27. The maximum Gasteiger partial charge on any atom is 0.160 e. The maximum atomic E-state index is 12.0. The Balaban J connectivity index is 2.76. The third-order valence-electron chi connectivity index (χ3n) is 4.02. The smallest absolute Gasteiger partial charge is 0.160 e. The normalized spacial score (nSPS) is 10.4. The zero-order valence-corrected chi connectivity index (χ0v) is 14.7. The lowest BCUT2D eigenvalue weighted by molar-refractivity contribution is 0.0998. The molecule has 1 radical (unpaired) electrons. The van der Waals surface area contributed by atoms with Crippen LogP contribution in [0.1, 0.15) is 80.3 Å². The van der Waals surface area contributed by atoms with Gasteiger partial charge in [0.2, 0.25) is 0 Å². The van der Waals surface area contributed by atoms with Crippen LogP contribution in [0.2, 0.25) is 0 Å². The lowest BCUT2D eigenvalue weighted by Crippen LogP contribution is -2.11. The Hall–Kier alpha value is -2.88. The van der Waals surface area contributed by atoms with Crippen molar-refractivity contribution in [3.8, 4) is 0 Å². The third-order valence-corrected chi connectivity index (χ3v) is 4.02. The molecule has 0 unspecified atom stereocenters. The molecule has 0 spiro atoms. The van der Waals surface area contributed by atoms with Crippen molar-refractivity contribution in [3.63, 3.8) is 0 Å². The van der Waals surface area contributed by atoms with E-state index in [2.05, 4.69) is 0 Å². The van der Waals surface area contributed by atoms with Crippen molar-refractivity contribution in [1.29, 1.82) is 0 Å². The Morgan fingerprint density at radius 3 is 1.00 bits per heavy atom. The molecule has 0 N–H and O–H groups in total. The minimum absolute atomic E-state index is 0.195. The van der Waals surface area contributed by atoms with Gasteiger partial charge in [-0.1, -0.05) is 36.4 Å². The van der Waals surface area contributed by atoms with Crippen LogP contribution in [0.15, 0.2) is 36.4 Å².